The summed E-state index contributed by atoms with van der Waals surface area (Å²) in [7, 11) is 0. The Balaban J connectivity index is 0.00000208. The number of carbonyl (C=O) groups is 1. The molecule has 0 spiro atoms. The van der Waals surface area contributed by atoms with Crippen molar-refractivity contribution in [3.63, 3.8) is 0 Å². The van der Waals surface area contributed by atoms with E-state index >= 15 is 0 Å². The van der Waals surface area contributed by atoms with E-state index in [4.69, 9.17) is 4.74 Å². The standard InChI is InChI=1S/C18H25BrN2O2.ClH/c19-16-5-3-15(4-6-16)18(7-9-23-10-8-18)13-21-17(22)12-20-11-14-1-2-14;/h3-6,14,20H,1-2,7-13H2,(H,21,22);1H. The summed E-state index contributed by atoms with van der Waals surface area (Å²) in [5.74, 6) is 0.890. The van der Waals surface area contributed by atoms with E-state index in [9.17, 15) is 4.79 Å². The number of benzene rings is 1. The first-order valence-electron chi connectivity index (χ1n) is 8.49. The van der Waals surface area contributed by atoms with Crippen LogP contribution in [0.25, 0.3) is 0 Å². The molecule has 1 heterocycles. The minimum atomic E-state index is -0.00883. The highest BCUT2D eigenvalue weighted by atomic mass is 79.9. The van der Waals surface area contributed by atoms with Crippen molar-refractivity contribution in [3.8, 4) is 0 Å². The molecule has 3 rings (SSSR count). The van der Waals surface area contributed by atoms with Crippen LogP contribution >= 0.6 is 28.3 Å². The zero-order valence-electron chi connectivity index (χ0n) is 13.9. The van der Waals surface area contributed by atoms with E-state index in [0.29, 0.717) is 13.1 Å². The molecule has 0 radical (unpaired) electrons. The van der Waals surface area contributed by atoms with E-state index in [-0.39, 0.29) is 23.7 Å². The quantitative estimate of drug-likeness (QED) is 0.717. The van der Waals surface area contributed by atoms with Crippen molar-refractivity contribution in [2.75, 3.05) is 32.8 Å². The summed E-state index contributed by atoms with van der Waals surface area (Å²) in [6, 6.07) is 8.47. The monoisotopic (exact) mass is 416 g/mol. The van der Waals surface area contributed by atoms with Crippen LogP contribution in [-0.2, 0) is 14.9 Å². The first-order chi connectivity index (χ1) is 11.2. The van der Waals surface area contributed by atoms with Crippen LogP contribution in [0.1, 0.15) is 31.2 Å². The minimum absolute atomic E-state index is 0. The highest BCUT2D eigenvalue weighted by molar-refractivity contribution is 9.10. The molecule has 1 saturated heterocycles. The molecule has 0 atom stereocenters. The Morgan fingerprint density at radius 2 is 1.88 bits per heavy atom. The van der Waals surface area contributed by atoms with Crippen molar-refractivity contribution in [1.29, 1.82) is 0 Å². The molecule has 0 aromatic heterocycles. The maximum Gasteiger partial charge on any atom is 0.233 e. The molecule has 1 saturated carbocycles. The van der Waals surface area contributed by atoms with Crippen molar-refractivity contribution in [2.45, 2.75) is 31.1 Å². The van der Waals surface area contributed by atoms with Gasteiger partial charge in [0, 0.05) is 29.6 Å². The fourth-order valence-electron chi connectivity index (χ4n) is 3.18. The predicted molar refractivity (Wildman–Crippen MR) is 102 cm³/mol. The molecule has 2 N–H and O–H groups in total. The number of carbonyl (C=O) groups excluding carboxylic acids is 1. The summed E-state index contributed by atoms with van der Waals surface area (Å²) >= 11 is 3.49. The van der Waals surface area contributed by atoms with E-state index < -0.39 is 0 Å². The molecule has 2 aliphatic rings. The van der Waals surface area contributed by atoms with Crippen LogP contribution in [0.15, 0.2) is 28.7 Å². The SMILES string of the molecule is Cl.O=C(CNCC1CC1)NCC1(c2ccc(Br)cc2)CCOCC1. The first kappa shape index (κ1) is 19.7. The number of hydrogen-bond acceptors (Lipinski definition) is 3. The van der Waals surface area contributed by atoms with E-state index in [1.165, 1.54) is 18.4 Å². The smallest absolute Gasteiger partial charge is 0.233 e. The number of hydrogen-bond donors (Lipinski definition) is 2. The number of amides is 1. The molecular weight excluding hydrogens is 392 g/mol. The van der Waals surface area contributed by atoms with Gasteiger partial charge in [0.15, 0.2) is 0 Å². The summed E-state index contributed by atoms with van der Waals surface area (Å²) in [5, 5.41) is 6.38. The molecule has 6 heteroatoms. The van der Waals surface area contributed by atoms with E-state index in [0.717, 1.165) is 43.0 Å². The van der Waals surface area contributed by atoms with Gasteiger partial charge in [0.2, 0.25) is 5.91 Å². The highest BCUT2D eigenvalue weighted by Gasteiger charge is 2.34. The van der Waals surface area contributed by atoms with Gasteiger partial charge in [-0.25, -0.2) is 0 Å². The van der Waals surface area contributed by atoms with E-state index in [1.807, 2.05) is 0 Å². The second-order valence-corrected chi connectivity index (χ2v) is 7.67. The Labute approximate surface area is 158 Å². The molecule has 1 aromatic rings. The van der Waals surface area contributed by atoms with Gasteiger partial charge in [-0.3, -0.25) is 4.79 Å². The predicted octanol–water partition coefficient (Wildman–Crippen LogP) is 3.03. The normalized spacial score (nSPS) is 19.4. The number of halogens is 2. The van der Waals surface area contributed by atoms with Crippen LogP contribution in [-0.4, -0.2) is 38.8 Å². The highest BCUT2D eigenvalue weighted by Crippen LogP contribution is 2.35. The van der Waals surface area contributed by atoms with Gasteiger partial charge in [0.25, 0.3) is 0 Å². The second-order valence-electron chi connectivity index (χ2n) is 6.75. The lowest BCUT2D eigenvalue weighted by atomic mass is 9.74. The van der Waals surface area contributed by atoms with Crippen LogP contribution in [0.4, 0.5) is 0 Å². The maximum atomic E-state index is 12.1. The average molecular weight is 418 g/mol. The maximum absolute atomic E-state index is 12.1. The zero-order chi connectivity index (χ0) is 16.1. The van der Waals surface area contributed by atoms with Crippen molar-refractivity contribution >= 4 is 34.2 Å². The van der Waals surface area contributed by atoms with Gasteiger partial charge in [0.05, 0.1) is 6.54 Å². The molecule has 0 unspecified atom stereocenters. The number of rotatable bonds is 7. The minimum Gasteiger partial charge on any atom is -0.381 e. The lowest BCUT2D eigenvalue weighted by Crippen LogP contribution is -2.46. The largest absolute Gasteiger partial charge is 0.381 e. The molecule has 1 amide bonds. The van der Waals surface area contributed by atoms with Crippen LogP contribution in [0, 0.1) is 5.92 Å². The van der Waals surface area contributed by atoms with Gasteiger partial charge in [-0.2, -0.15) is 0 Å². The molecule has 1 aliphatic heterocycles. The molecule has 0 bridgehead atoms. The van der Waals surface area contributed by atoms with Gasteiger partial charge in [-0.15, -0.1) is 12.4 Å². The Bertz CT molecular complexity index is 528. The summed E-state index contributed by atoms with van der Waals surface area (Å²) in [6.07, 6.45) is 4.51. The third kappa shape index (κ3) is 5.45. The average Bonchev–Trinajstić information content (AvgIpc) is 3.39. The van der Waals surface area contributed by atoms with Crippen LogP contribution in [0.5, 0.6) is 0 Å². The summed E-state index contributed by atoms with van der Waals surface area (Å²) < 4.78 is 6.62. The van der Waals surface area contributed by atoms with Crippen molar-refractivity contribution in [2.24, 2.45) is 5.92 Å². The Hall–Kier alpha value is -0.620. The molecular formula is C18H26BrClN2O2. The third-order valence-corrected chi connectivity index (χ3v) is 5.47. The third-order valence-electron chi connectivity index (χ3n) is 4.95. The Kier molecular flexibility index (Phi) is 7.54. The molecule has 1 aliphatic carbocycles. The zero-order valence-corrected chi connectivity index (χ0v) is 16.3. The second kappa shape index (κ2) is 9.18. The molecule has 24 heavy (non-hydrogen) atoms. The van der Waals surface area contributed by atoms with Gasteiger partial charge in [0.1, 0.15) is 0 Å². The van der Waals surface area contributed by atoms with E-state index in [1.54, 1.807) is 0 Å². The molecule has 134 valence electrons. The lowest BCUT2D eigenvalue weighted by Gasteiger charge is -2.38. The Morgan fingerprint density at radius 3 is 2.50 bits per heavy atom. The lowest BCUT2D eigenvalue weighted by molar-refractivity contribution is -0.120. The van der Waals surface area contributed by atoms with Crippen molar-refractivity contribution in [1.82, 2.24) is 10.6 Å². The number of nitrogens with one attached hydrogen (secondary N) is 2. The first-order valence-corrected chi connectivity index (χ1v) is 9.28. The van der Waals surface area contributed by atoms with Crippen LogP contribution < -0.4 is 10.6 Å². The van der Waals surface area contributed by atoms with Gasteiger partial charge in [-0.1, -0.05) is 28.1 Å². The summed E-state index contributed by atoms with van der Waals surface area (Å²) in [6.45, 7) is 3.59. The topological polar surface area (TPSA) is 50.4 Å². The van der Waals surface area contributed by atoms with Gasteiger partial charge < -0.3 is 15.4 Å². The fraction of sp³-hybridized carbons (Fsp3) is 0.611. The summed E-state index contributed by atoms with van der Waals surface area (Å²) in [5.41, 5.74) is 1.28. The molecule has 4 nitrogen and oxygen atoms in total. The van der Waals surface area contributed by atoms with Crippen molar-refractivity contribution in [3.05, 3.63) is 34.3 Å². The van der Waals surface area contributed by atoms with Gasteiger partial charge >= 0.3 is 0 Å². The van der Waals surface area contributed by atoms with E-state index in [2.05, 4.69) is 50.8 Å². The molecule has 1 aromatic carbocycles. The van der Waals surface area contributed by atoms with Crippen LogP contribution in [0.2, 0.25) is 0 Å². The fourth-order valence-corrected chi connectivity index (χ4v) is 3.44. The van der Waals surface area contributed by atoms with Crippen LogP contribution in [0.3, 0.4) is 0 Å². The Morgan fingerprint density at radius 1 is 1.21 bits per heavy atom. The summed E-state index contributed by atoms with van der Waals surface area (Å²) in [4.78, 5) is 12.1. The number of ether oxygens (including phenoxy) is 1. The molecule has 2 fully saturated rings. The van der Waals surface area contributed by atoms with Crippen molar-refractivity contribution < 1.29 is 9.53 Å². The van der Waals surface area contributed by atoms with Gasteiger partial charge in [-0.05, 0) is 55.8 Å².